The van der Waals surface area contributed by atoms with Gasteiger partial charge in [-0.3, -0.25) is 14.5 Å². The number of hydrogen-bond donors (Lipinski definition) is 1. The molecule has 1 heterocycles. The minimum Gasteiger partial charge on any atom is -0.313 e. The third-order valence-corrected chi connectivity index (χ3v) is 3.95. The summed E-state index contributed by atoms with van der Waals surface area (Å²) in [5.74, 6) is -0.124. The molecule has 1 aromatic rings. The zero-order valence-electron chi connectivity index (χ0n) is 10.5. The van der Waals surface area contributed by atoms with E-state index >= 15 is 0 Å². The van der Waals surface area contributed by atoms with Crippen molar-refractivity contribution in [3.05, 3.63) is 29.8 Å². The van der Waals surface area contributed by atoms with E-state index < -0.39 is 0 Å². The number of amides is 2. The zero-order chi connectivity index (χ0) is 12.9. The van der Waals surface area contributed by atoms with Crippen LogP contribution in [0.1, 0.15) is 24.9 Å². The largest absolute Gasteiger partial charge is 0.313 e. The highest BCUT2D eigenvalue weighted by Crippen LogP contribution is 2.48. The molecule has 2 aliphatic rings. The van der Waals surface area contributed by atoms with E-state index in [0.717, 1.165) is 12.0 Å². The maximum absolute atomic E-state index is 11.9. The summed E-state index contributed by atoms with van der Waals surface area (Å²) < 4.78 is 0. The number of benzene rings is 1. The molecule has 1 saturated carbocycles. The first-order valence-electron chi connectivity index (χ1n) is 6.28. The molecule has 4 heteroatoms. The van der Waals surface area contributed by atoms with Gasteiger partial charge in [0.1, 0.15) is 0 Å². The summed E-state index contributed by atoms with van der Waals surface area (Å²) in [6.07, 6.45) is 0.753. The number of hydrogen-bond acceptors (Lipinski definition) is 3. The lowest BCUT2D eigenvalue weighted by atomic mass is 10.1. The SMILES string of the molecule is CNC(C)c1ccc(N2C(=O)C3CC3C2=O)cc1. The molecule has 1 aliphatic carbocycles. The Morgan fingerprint density at radius 2 is 1.72 bits per heavy atom. The molecule has 94 valence electrons. The lowest BCUT2D eigenvalue weighted by molar-refractivity contribution is -0.123. The normalized spacial score (nSPS) is 27.3. The molecule has 1 aromatic carbocycles. The number of carbonyl (C=O) groups excluding carboxylic acids is 2. The van der Waals surface area contributed by atoms with Crippen LogP contribution in [0, 0.1) is 11.8 Å². The number of piperidine rings is 1. The lowest BCUT2D eigenvalue weighted by Crippen LogP contribution is -2.32. The highest BCUT2D eigenvalue weighted by atomic mass is 16.2. The molecule has 1 aliphatic heterocycles. The van der Waals surface area contributed by atoms with Crippen molar-refractivity contribution in [3.63, 3.8) is 0 Å². The summed E-state index contributed by atoms with van der Waals surface area (Å²) in [7, 11) is 1.90. The van der Waals surface area contributed by atoms with Crippen molar-refractivity contribution in [2.45, 2.75) is 19.4 Å². The standard InChI is InChI=1S/C14H16N2O2/c1-8(15-2)9-3-5-10(6-4-9)16-13(17)11-7-12(11)14(16)18/h3-6,8,11-12,15H,7H2,1-2H3. The number of imide groups is 1. The Morgan fingerprint density at radius 1 is 1.17 bits per heavy atom. The smallest absolute Gasteiger partial charge is 0.237 e. The highest BCUT2D eigenvalue weighted by molar-refractivity contribution is 6.24. The fourth-order valence-electron chi connectivity index (χ4n) is 2.51. The number of carbonyl (C=O) groups is 2. The van der Waals surface area contributed by atoms with Gasteiger partial charge in [0.05, 0.1) is 17.5 Å². The summed E-state index contributed by atoms with van der Waals surface area (Å²) in [6.45, 7) is 2.07. The van der Waals surface area contributed by atoms with E-state index in [1.165, 1.54) is 4.90 Å². The minimum absolute atomic E-state index is 0.0283. The molecule has 0 spiro atoms. The van der Waals surface area contributed by atoms with Gasteiger partial charge in [0.2, 0.25) is 11.8 Å². The number of nitrogens with zero attached hydrogens (tertiary/aromatic N) is 1. The van der Waals surface area contributed by atoms with Crippen LogP contribution in [0.4, 0.5) is 5.69 Å². The number of rotatable bonds is 3. The van der Waals surface area contributed by atoms with Gasteiger partial charge >= 0.3 is 0 Å². The topological polar surface area (TPSA) is 49.4 Å². The molecule has 0 aromatic heterocycles. The summed E-state index contributed by atoms with van der Waals surface area (Å²) in [4.78, 5) is 25.2. The first kappa shape index (κ1) is 11.4. The van der Waals surface area contributed by atoms with E-state index in [9.17, 15) is 9.59 Å². The van der Waals surface area contributed by atoms with Crippen molar-refractivity contribution in [1.29, 1.82) is 0 Å². The van der Waals surface area contributed by atoms with Crippen LogP contribution in [0.5, 0.6) is 0 Å². The third-order valence-electron chi connectivity index (χ3n) is 3.95. The van der Waals surface area contributed by atoms with Gasteiger partial charge in [0.25, 0.3) is 0 Å². The van der Waals surface area contributed by atoms with Gasteiger partial charge < -0.3 is 5.32 Å². The van der Waals surface area contributed by atoms with Gasteiger partial charge in [-0.05, 0) is 38.1 Å². The molecular weight excluding hydrogens is 228 g/mol. The van der Waals surface area contributed by atoms with E-state index in [-0.39, 0.29) is 29.7 Å². The van der Waals surface area contributed by atoms with Gasteiger partial charge in [-0.15, -0.1) is 0 Å². The van der Waals surface area contributed by atoms with Crippen molar-refractivity contribution in [2.75, 3.05) is 11.9 Å². The molecule has 2 amide bonds. The van der Waals surface area contributed by atoms with Gasteiger partial charge in [-0.25, -0.2) is 0 Å². The molecular formula is C14H16N2O2. The van der Waals surface area contributed by atoms with Crippen LogP contribution in [-0.4, -0.2) is 18.9 Å². The Morgan fingerprint density at radius 3 is 2.22 bits per heavy atom. The highest BCUT2D eigenvalue weighted by Gasteiger charge is 2.59. The molecule has 3 atom stereocenters. The molecule has 4 nitrogen and oxygen atoms in total. The van der Waals surface area contributed by atoms with E-state index in [4.69, 9.17) is 0 Å². The molecule has 3 unspecified atom stereocenters. The fourth-order valence-corrected chi connectivity index (χ4v) is 2.51. The predicted molar refractivity (Wildman–Crippen MR) is 68.0 cm³/mol. The van der Waals surface area contributed by atoms with Crippen molar-refractivity contribution in [2.24, 2.45) is 11.8 Å². The summed E-state index contributed by atoms with van der Waals surface area (Å²) in [6, 6.07) is 7.88. The number of fused-ring (bicyclic) bond motifs is 1. The number of nitrogens with one attached hydrogen (secondary N) is 1. The average molecular weight is 244 g/mol. The van der Waals surface area contributed by atoms with Gasteiger partial charge in [-0.1, -0.05) is 12.1 Å². The van der Waals surface area contributed by atoms with Crippen LogP contribution in [0.25, 0.3) is 0 Å². The van der Waals surface area contributed by atoms with Crippen LogP contribution in [-0.2, 0) is 9.59 Å². The maximum atomic E-state index is 11.9. The Labute approximate surface area is 106 Å². The van der Waals surface area contributed by atoms with Crippen LogP contribution in [0.15, 0.2) is 24.3 Å². The molecule has 0 bridgehead atoms. The molecule has 18 heavy (non-hydrogen) atoms. The summed E-state index contributed by atoms with van der Waals surface area (Å²) >= 11 is 0. The van der Waals surface area contributed by atoms with E-state index in [1.807, 2.05) is 31.3 Å². The van der Waals surface area contributed by atoms with Crippen LogP contribution >= 0.6 is 0 Å². The van der Waals surface area contributed by atoms with Crippen molar-refractivity contribution in [1.82, 2.24) is 5.32 Å². The van der Waals surface area contributed by atoms with Crippen LogP contribution in [0.2, 0.25) is 0 Å². The Balaban J connectivity index is 1.85. The third kappa shape index (κ3) is 1.56. The first-order chi connectivity index (χ1) is 8.63. The van der Waals surface area contributed by atoms with Crippen LogP contribution < -0.4 is 10.2 Å². The van der Waals surface area contributed by atoms with Gasteiger partial charge in [0, 0.05) is 6.04 Å². The Kier molecular flexibility index (Phi) is 2.48. The molecule has 1 N–H and O–H groups in total. The Bertz CT molecular complexity index is 489. The number of anilines is 1. The minimum atomic E-state index is -0.0339. The van der Waals surface area contributed by atoms with Crippen molar-refractivity contribution >= 4 is 17.5 Å². The summed E-state index contributed by atoms with van der Waals surface area (Å²) in [5, 5.41) is 3.15. The maximum Gasteiger partial charge on any atom is 0.237 e. The molecule has 3 rings (SSSR count). The second-order valence-electron chi connectivity index (χ2n) is 5.06. The predicted octanol–water partition coefficient (Wildman–Crippen LogP) is 1.48. The second kappa shape index (κ2) is 3.92. The molecule has 2 fully saturated rings. The van der Waals surface area contributed by atoms with E-state index in [1.54, 1.807) is 0 Å². The molecule has 0 radical (unpaired) electrons. The van der Waals surface area contributed by atoms with Crippen LogP contribution in [0.3, 0.4) is 0 Å². The van der Waals surface area contributed by atoms with Gasteiger partial charge in [-0.2, -0.15) is 0 Å². The van der Waals surface area contributed by atoms with Crippen molar-refractivity contribution < 1.29 is 9.59 Å². The Hall–Kier alpha value is -1.68. The monoisotopic (exact) mass is 244 g/mol. The van der Waals surface area contributed by atoms with Gasteiger partial charge in [0.15, 0.2) is 0 Å². The van der Waals surface area contributed by atoms with E-state index in [0.29, 0.717) is 5.69 Å². The fraction of sp³-hybridized carbons (Fsp3) is 0.429. The molecule has 1 saturated heterocycles. The lowest BCUT2D eigenvalue weighted by Gasteiger charge is -2.18. The quantitative estimate of drug-likeness (QED) is 0.819. The van der Waals surface area contributed by atoms with Crippen molar-refractivity contribution in [3.8, 4) is 0 Å². The zero-order valence-corrected chi connectivity index (χ0v) is 10.5. The second-order valence-corrected chi connectivity index (χ2v) is 5.06. The van der Waals surface area contributed by atoms with E-state index in [2.05, 4.69) is 12.2 Å². The summed E-state index contributed by atoms with van der Waals surface area (Å²) in [5.41, 5.74) is 1.84. The first-order valence-corrected chi connectivity index (χ1v) is 6.28. The average Bonchev–Trinajstić information content (AvgIpc) is 3.14.